The first-order valence-electron chi connectivity index (χ1n) is 8.85. The first-order chi connectivity index (χ1) is 13.9. The zero-order chi connectivity index (χ0) is 21.0. The smallest absolute Gasteiger partial charge is 0.270 e. The van der Waals surface area contributed by atoms with Crippen LogP contribution in [0.25, 0.3) is 0 Å². The van der Waals surface area contributed by atoms with Crippen molar-refractivity contribution in [2.45, 2.75) is 19.9 Å². The molecule has 8 heteroatoms. The number of nitrogens with zero attached hydrogens (tertiary/aromatic N) is 1. The number of carbonyl (C=O) groups is 1. The first kappa shape index (κ1) is 19.9. The van der Waals surface area contributed by atoms with Crippen molar-refractivity contribution >= 4 is 11.6 Å². The molecule has 150 valence electrons. The summed E-state index contributed by atoms with van der Waals surface area (Å²) in [5.41, 5.74) is -0.163. The van der Waals surface area contributed by atoms with Crippen molar-refractivity contribution in [1.29, 1.82) is 0 Å². The topological polar surface area (TPSA) is 104 Å². The van der Waals surface area contributed by atoms with Gasteiger partial charge in [0, 0.05) is 12.1 Å². The largest absolute Gasteiger partial charge is 0.497 e. The van der Waals surface area contributed by atoms with Crippen LogP contribution in [0.2, 0.25) is 0 Å². The van der Waals surface area contributed by atoms with E-state index in [1.165, 1.54) is 18.2 Å². The standard InChI is InChI=1S/C21H20N2O6/c1-13-4-10-19(28-13)14(2)22-21(24)18-12-15(23(25)26)5-11-20(18)29-17-8-6-16(27-3)7-9-17/h4-12,14H,1-3H3,(H,22,24). The second-order valence-corrected chi connectivity index (χ2v) is 6.36. The number of hydrogen-bond acceptors (Lipinski definition) is 6. The lowest BCUT2D eigenvalue weighted by atomic mass is 10.1. The SMILES string of the molecule is COc1ccc(Oc2ccc([N+](=O)[O-])cc2C(=O)NC(C)c2ccc(C)o2)cc1. The van der Waals surface area contributed by atoms with E-state index in [9.17, 15) is 14.9 Å². The highest BCUT2D eigenvalue weighted by Crippen LogP contribution is 2.30. The number of nitro benzene ring substituents is 1. The number of hydrogen-bond donors (Lipinski definition) is 1. The van der Waals surface area contributed by atoms with Crippen LogP contribution >= 0.6 is 0 Å². The van der Waals surface area contributed by atoms with E-state index in [0.717, 1.165) is 5.76 Å². The molecule has 3 rings (SSSR count). The van der Waals surface area contributed by atoms with Gasteiger partial charge < -0.3 is 19.2 Å². The van der Waals surface area contributed by atoms with Crippen LogP contribution < -0.4 is 14.8 Å². The molecule has 8 nitrogen and oxygen atoms in total. The van der Waals surface area contributed by atoms with Gasteiger partial charge in [-0.3, -0.25) is 14.9 Å². The number of aryl methyl sites for hydroxylation is 1. The van der Waals surface area contributed by atoms with Crippen LogP contribution in [0.1, 0.15) is 34.8 Å². The number of furan rings is 1. The fraction of sp³-hybridized carbons (Fsp3) is 0.190. The van der Waals surface area contributed by atoms with Crippen molar-refractivity contribution < 1.29 is 23.6 Å². The van der Waals surface area contributed by atoms with E-state index < -0.39 is 16.9 Å². The minimum Gasteiger partial charge on any atom is -0.497 e. The number of rotatable bonds is 7. The van der Waals surface area contributed by atoms with Crippen LogP contribution in [-0.4, -0.2) is 17.9 Å². The maximum Gasteiger partial charge on any atom is 0.270 e. The lowest BCUT2D eigenvalue weighted by Gasteiger charge is -2.15. The number of ether oxygens (including phenoxy) is 2. The third kappa shape index (κ3) is 4.73. The average molecular weight is 396 g/mol. The summed E-state index contributed by atoms with van der Waals surface area (Å²) in [5.74, 6) is 2.10. The van der Waals surface area contributed by atoms with Gasteiger partial charge >= 0.3 is 0 Å². The van der Waals surface area contributed by atoms with Crippen LogP contribution in [-0.2, 0) is 0 Å². The van der Waals surface area contributed by atoms with Gasteiger partial charge in [0.1, 0.15) is 28.8 Å². The molecule has 1 amide bonds. The van der Waals surface area contributed by atoms with E-state index in [1.807, 2.05) is 0 Å². The minimum absolute atomic E-state index is 0.0464. The minimum atomic E-state index is -0.562. The van der Waals surface area contributed by atoms with Crippen LogP contribution in [0.3, 0.4) is 0 Å². The lowest BCUT2D eigenvalue weighted by Crippen LogP contribution is -2.26. The van der Waals surface area contributed by atoms with E-state index in [4.69, 9.17) is 13.9 Å². The lowest BCUT2D eigenvalue weighted by molar-refractivity contribution is -0.384. The summed E-state index contributed by atoms with van der Waals surface area (Å²) in [5, 5.41) is 13.9. The van der Waals surface area contributed by atoms with Gasteiger partial charge in [-0.1, -0.05) is 0 Å². The van der Waals surface area contributed by atoms with Crippen molar-refractivity contribution in [2.24, 2.45) is 0 Å². The summed E-state index contributed by atoms with van der Waals surface area (Å²) < 4.78 is 16.4. The molecule has 2 aromatic carbocycles. The van der Waals surface area contributed by atoms with Crippen molar-refractivity contribution in [3.63, 3.8) is 0 Å². The van der Waals surface area contributed by atoms with Crippen LogP contribution in [0.4, 0.5) is 5.69 Å². The molecule has 0 aliphatic rings. The molecule has 0 fully saturated rings. The van der Waals surface area contributed by atoms with Gasteiger partial charge in [0.25, 0.3) is 11.6 Å². The molecular weight excluding hydrogens is 376 g/mol. The average Bonchev–Trinajstić information content (AvgIpc) is 3.15. The van der Waals surface area contributed by atoms with Gasteiger partial charge in [0.05, 0.1) is 23.6 Å². The third-order valence-corrected chi connectivity index (χ3v) is 4.24. The summed E-state index contributed by atoms with van der Waals surface area (Å²) in [4.78, 5) is 23.5. The molecule has 0 aliphatic carbocycles. The van der Waals surface area contributed by atoms with Crippen molar-refractivity contribution in [3.8, 4) is 17.2 Å². The second-order valence-electron chi connectivity index (χ2n) is 6.36. The molecule has 1 heterocycles. The molecule has 0 saturated carbocycles. The molecule has 0 aliphatic heterocycles. The van der Waals surface area contributed by atoms with E-state index in [-0.39, 0.29) is 17.0 Å². The third-order valence-electron chi connectivity index (χ3n) is 4.24. The van der Waals surface area contributed by atoms with E-state index in [2.05, 4.69) is 5.32 Å². The molecule has 0 saturated heterocycles. The number of non-ortho nitro benzene ring substituents is 1. The Bertz CT molecular complexity index is 1030. The van der Waals surface area contributed by atoms with Gasteiger partial charge in [0.15, 0.2) is 0 Å². The predicted octanol–water partition coefficient (Wildman–Crippen LogP) is 4.79. The zero-order valence-electron chi connectivity index (χ0n) is 16.2. The molecule has 1 unspecified atom stereocenters. The summed E-state index contributed by atoms with van der Waals surface area (Å²) >= 11 is 0. The van der Waals surface area contributed by atoms with Crippen LogP contribution in [0, 0.1) is 17.0 Å². The van der Waals surface area contributed by atoms with Crippen LogP contribution in [0.15, 0.2) is 59.0 Å². The molecule has 0 radical (unpaired) electrons. The molecule has 29 heavy (non-hydrogen) atoms. The number of benzene rings is 2. The number of nitro groups is 1. The maximum absolute atomic E-state index is 12.8. The number of carbonyl (C=O) groups excluding carboxylic acids is 1. The van der Waals surface area contributed by atoms with Crippen LogP contribution in [0.5, 0.6) is 17.2 Å². The molecule has 0 bridgehead atoms. The highest BCUT2D eigenvalue weighted by molar-refractivity contribution is 5.98. The number of methoxy groups -OCH3 is 1. The van der Waals surface area contributed by atoms with E-state index in [1.54, 1.807) is 57.4 Å². The normalized spacial score (nSPS) is 11.6. The fourth-order valence-corrected chi connectivity index (χ4v) is 2.70. The summed E-state index contributed by atoms with van der Waals surface area (Å²) in [6.07, 6.45) is 0. The molecule has 1 atom stereocenters. The predicted molar refractivity (Wildman–Crippen MR) is 105 cm³/mol. The quantitative estimate of drug-likeness (QED) is 0.455. The Morgan fingerprint density at radius 2 is 1.79 bits per heavy atom. The zero-order valence-corrected chi connectivity index (χ0v) is 16.2. The van der Waals surface area contributed by atoms with E-state index in [0.29, 0.717) is 17.3 Å². The highest BCUT2D eigenvalue weighted by atomic mass is 16.6. The number of amides is 1. The van der Waals surface area contributed by atoms with Crippen molar-refractivity contribution in [3.05, 3.63) is 81.8 Å². The van der Waals surface area contributed by atoms with Gasteiger partial charge in [-0.05, 0) is 56.3 Å². The van der Waals surface area contributed by atoms with Gasteiger partial charge in [-0.25, -0.2) is 0 Å². The summed E-state index contributed by atoms with van der Waals surface area (Å²) in [7, 11) is 1.55. The first-order valence-corrected chi connectivity index (χ1v) is 8.85. The Hall–Kier alpha value is -3.81. The highest BCUT2D eigenvalue weighted by Gasteiger charge is 2.21. The summed E-state index contributed by atoms with van der Waals surface area (Å²) in [6.45, 7) is 3.57. The molecular formula is C21H20N2O6. The second kappa shape index (κ2) is 8.47. The maximum atomic E-state index is 12.8. The Morgan fingerprint density at radius 3 is 2.38 bits per heavy atom. The summed E-state index contributed by atoms with van der Waals surface area (Å²) in [6, 6.07) is 13.8. The Morgan fingerprint density at radius 1 is 1.10 bits per heavy atom. The van der Waals surface area contributed by atoms with Gasteiger partial charge in [-0.15, -0.1) is 0 Å². The molecule has 0 spiro atoms. The Labute approximate surface area is 167 Å². The molecule has 3 aromatic rings. The Balaban J connectivity index is 1.88. The molecule has 1 N–H and O–H groups in total. The monoisotopic (exact) mass is 396 g/mol. The molecule has 1 aromatic heterocycles. The van der Waals surface area contributed by atoms with Crippen molar-refractivity contribution in [2.75, 3.05) is 7.11 Å². The fourth-order valence-electron chi connectivity index (χ4n) is 2.70. The van der Waals surface area contributed by atoms with E-state index >= 15 is 0 Å². The van der Waals surface area contributed by atoms with Gasteiger partial charge in [-0.2, -0.15) is 0 Å². The van der Waals surface area contributed by atoms with Crippen molar-refractivity contribution in [1.82, 2.24) is 5.32 Å². The van der Waals surface area contributed by atoms with Gasteiger partial charge in [0.2, 0.25) is 0 Å². The Kier molecular flexibility index (Phi) is 5.82. The number of nitrogens with one attached hydrogen (secondary N) is 1.